The van der Waals surface area contributed by atoms with E-state index in [1.807, 2.05) is 24.3 Å². The van der Waals surface area contributed by atoms with E-state index in [0.29, 0.717) is 28.2 Å². The molecule has 0 radical (unpaired) electrons. The van der Waals surface area contributed by atoms with E-state index in [0.717, 1.165) is 5.69 Å². The minimum atomic E-state index is -3.28. The van der Waals surface area contributed by atoms with Gasteiger partial charge in [-0.25, -0.2) is 23.1 Å². The van der Waals surface area contributed by atoms with Crippen molar-refractivity contribution in [3.05, 3.63) is 66.6 Å². The molecule has 10 heteroatoms. The zero-order valence-electron chi connectivity index (χ0n) is 16.2. The summed E-state index contributed by atoms with van der Waals surface area (Å²) >= 11 is 0. The van der Waals surface area contributed by atoms with E-state index in [-0.39, 0.29) is 4.90 Å². The number of nitrogens with one attached hydrogen (secondary N) is 1. The van der Waals surface area contributed by atoms with Crippen LogP contribution in [-0.4, -0.2) is 47.7 Å². The third kappa shape index (κ3) is 3.98. The zero-order valence-corrected chi connectivity index (χ0v) is 17.0. The number of hydrogen-bond donors (Lipinski definition) is 1. The Morgan fingerprint density at radius 2 is 1.97 bits per heavy atom. The van der Waals surface area contributed by atoms with E-state index in [1.54, 1.807) is 42.3 Å². The summed E-state index contributed by atoms with van der Waals surface area (Å²) in [5.41, 5.74) is 4.92. The van der Waals surface area contributed by atoms with Crippen molar-refractivity contribution in [1.82, 2.24) is 19.7 Å². The summed E-state index contributed by atoms with van der Waals surface area (Å²) in [5.74, 6) is 1.19. The SMILES string of the molecule is COc1cccc(-n2ncc3c(N/N=C/c4cccc(S(C)(=O)=O)c4)ncnc32)c1. The van der Waals surface area contributed by atoms with Crippen molar-refractivity contribution in [2.75, 3.05) is 18.8 Å². The molecule has 4 rings (SSSR count). The van der Waals surface area contributed by atoms with Crippen LogP contribution >= 0.6 is 0 Å². The second kappa shape index (κ2) is 7.91. The second-order valence-electron chi connectivity index (χ2n) is 6.43. The number of ether oxygens (including phenoxy) is 1. The molecule has 0 atom stereocenters. The van der Waals surface area contributed by atoms with Gasteiger partial charge in [-0.15, -0.1) is 0 Å². The molecular weight excluding hydrogens is 404 g/mol. The van der Waals surface area contributed by atoms with Crippen LogP contribution in [0.3, 0.4) is 0 Å². The molecule has 0 aliphatic rings. The number of aromatic nitrogens is 4. The van der Waals surface area contributed by atoms with Crippen LogP contribution in [0.5, 0.6) is 5.75 Å². The number of fused-ring (bicyclic) bond motifs is 1. The molecule has 0 fully saturated rings. The molecule has 2 aromatic heterocycles. The normalized spacial score (nSPS) is 11.8. The summed E-state index contributed by atoms with van der Waals surface area (Å²) in [6, 6.07) is 14.0. The highest BCUT2D eigenvalue weighted by molar-refractivity contribution is 7.90. The van der Waals surface area contributed by atoms with Gasteiger partial charge in [-0.1, -0.05) is 18.2 Å². The fraction of sp³-hybridized carbons (Fsp3) is 0.100. The van der Waals surface area contributed by atoms with E-state index < -0.39 is 9.84 Å². The first-order valence-corrected chi connectivity index (χ1v) is 10.8. The molecule has 0 saturated carbocycles. The molecule has 0 unspecified atom stereocenters. The molecular formula is C20H18N6O3S. The highest BCUT2D eigenvalue weighted by Crippen LogP contribution is 2.23. The molecule has 0 aliphatic carbocycles. The summed E-state index contributed by atoms with van der Waals surface area (Å²) in [6.45, 7) is 0. The highest BCUT2D eigenvalue weighted by Gasteiger charge is 2.11. The van der Waals surface area contributed by atoms with Gasteiger partial charge in [0, 0.05) is 12.3 Å². The fourth-order valence-corrected chi connectivity index (χ4v) is 3.53. The number of anilines is 1. The summed E-state index contributed by atoms with van der Waals surface area (Å²) in [7, 11) is -1.68. The summed E-state index contributed by atoms with van der Waals surface area (Å²) in [5, 5.41) is 9.27. The third-order valence-electron chi connectivity index (χ3n) is 4.33. The Morgan fingerprint density at radius 1 is 1.13 bits per heavy atom. The van der Waals surface area contributed by atoms with Crippen LogP contribution in [-0.2, 0) is 9.84 Å². The van der Waals surface area contributed by atoms with Crippen LogP contribution in [0.1, 0.15) is 5.56 Å². The lowest BCUT2D eigenvalue weighted by atomic mass is 10.2. The van der Waals surface area contributed by atoms with E-state index >= 15 is 0 Å². The lowest BCUT2D eigenvalue weighted by molar-refractivity contribution is 0.414. The Morgan fingerprint density at radius 3 is 2.77 bits per heavy atom. The van der Waals surface area contributed by atoms with Gasteiger partial charge >= 0.3 is 0 Å². The van der Waals surface area contributed by atoms with Gasteiger partial charge in [0.15, 0.2) is 21.3 Å². The summed E-state index contributed by atoms with van der Waals surface area (Å²) < 4.78 is 30.3. The number of hydrogen-bond acceptors (Lipinski definition) is 8. The average Bonchev–Trinajstić information content (AvgIpc) is 3.18. The number of benzene rings is 2. The van der Waals surface area contributed by atoms with Gasteiger partial charge < -0.3 is 4.74 Å². The number of sulfone groups is 1. The van der Waals surface area contributed by atoms with Gasteiger partial charge in [-0.3, -0.25) is 5.43 Å². The van der Waals surface area contributed by atoms with E-state index in [1.165, 1.54) is 18.8 Å². The Kier molecular flexibility index (Phi) is 5.15. The average molecular weight is 422 g/mol. The van der Waals surface area contributed by atoms with Crippen molar-refractivity contribution < 1.29 is 13.2 Å². The van der Waals surface area contributed by atoms with E-state index in [9.17, 15) is 8.42 Å². The molecule has 0 bridgehead atoms. The molecule has 0 spiro atoms. The predicted molar refractivity (Wildman–Crippen MR) is 114 cm³/mol. The van der Waals surface area contributed by atoms with Crippen LogP contribution in [0, 0.1) is 0 Å². The standard InChI is InChI=1S/C20H18N6O3S/c1-29-16-7-4-6-15(10-16)26-20-18(12-24-26)19(21-13-22-20)25-23-11-14-5-3-8-17(9-14)30(2,27)28/h3-13H,1-2H3,(H,21,22,25)/b23-11+. The van der Waals surface area contributed by atoms with Crippen molar-refractivity contribution in [1.29, 1.82) is 0 Å². The highest BCUT2D eigenvalue weighted by atomic mass is 32.2. The molecule has 0 aliphatic heterocycles. The van der Waals surface area contributed by atoms with Crippen molar-refractivity contribution >= 4 is 32.9 Å². The van der Waals surface area contributed by atoms with Crippen molar-refractivity contribution in [3.63, 3.8) is 0 Å². The van der Waals surface area contributed by atoms with Crippen molar-refractivity contribution in [2.24, 2.45) is 5.10 Å². The Labute approximate surface area is 173 Å². The monoisotopic (exact) mass is 422 g/mol. The van der Waals surface area contributed by atoms with Gasteiger partial charge in [0.05, 0.1) is 35.5 Å². The first-order chi connectivity index (χ1) is 14.5. The molecule has 1 N–H and O–H groups in total. The molecule has 4 aromatic rings. The Balaban J connectivity index is 1.62. The maximum absolute atomic E-state index is 11.7. The van der Waals surface area contributed by atoms with Crippen LogP contribution in [0.2, 0.25) is 0 Å². The maximum atomic E-state index is 11.7. The number of nitrogens with zero attached hydrogens (tertiary/aromatic N) is 5. The van der Waals surface area contributed by atoms with Crippen LogP contribution in [0.15, 0.2) is 71.1 Å². The Bertz CT molecular complexity index is 1350. The number of methoxy groups -OCH3 is 1. The molecule has 2 aromatic carbocycles. The smallest absolute Gasteiger partial charge is 0.175 e. The van der Waals surface area contributed by atoms with Crippen LogP contribution < -0.4 is 10.2 Å². The van der Waals surface area contributed by atoms with E-state index in [2.05, 4.69) is 25.6 Å². The van der Waals surface area contributed by atoms with Gasteiger partial charge in [-0.05, 0) is 29.8 Å². The Hall–Kier alpha value is -3.79. The van der Waals surface area contributed by atoms with Gasteiger partial charge in [0.2, 0.25) is 0 Å². The minimum Gasteiger partial charge on any atom is -0.497 e. The molecule has 0 amide bonds. The molecule has 152 valence electrons. The number of hydrazone groups is 1. The number of rotatable bonds is 6. The molecule has 0 saturated heterocycles. The third-order valence-corrected chi connectivity index (χ3v) is 5.44. The quantitative estimate of drug-likeness (QED) is 0.376. The topological polar surface area (TPSA) is 111 Å². The van der Waals surface area contributed by atoms with Gasteiger partial charge in [0.25, 0.3) is 0 Å². The van der Waals surface area contributed by atoms with Crippen molar-refractivity contribution in [3.8, 4) is 11.4 Å². The lowest BCUT2D eigenvalue weighted by Crippen LogP contribution is -2.00. The van der Waals surface area contributed by atoms with Crippen molar-refractivity contribution in [2.45, 2.75) is 4.90 Å². The van der Waals surface area contributed by atoms with Gasteiger partial charge in [0.1, 0.15) is 12.1 Å². The van der Waals surface area contributed by atoms with Crippen LogP contribution in [0.25, 0.3) is 16.7 Å². The molecule has 30 heavy (non-hydrogen) atoms. The minimum absolute atomic E-state index is 0.232. The van der Waals surface area contributed by atoms with E-state index in [4.69, 9.17) is 4.74 Å². The van der Waals surface area contributed by atoms with Crippen LogP contribution in [0.4, 0.5) is 5.82 Å². The fourth-order valence-electron chi connectivity index (χ4n) is 2.86. The lowest BCUT2D eigenvalue weighted by Gasteiger charge is -2.06. The first kappa shape index (κ1) is 19.5. The largest absolute Gasteiger partial charge is 0.497 e. The maximum Gasteiger partial charge on any atom is 0.175 e. The summed E-state index contributed by atoms with van der Waals surface area (Å²) in [6.07, 6.45) is 5.76. The zero-order chi connectivity index (χ0) is 21.1. The molecule has 2 heterocycles. The second-order valence-corrected chi connectivity index (χ2v) is 8.45. The predicted octanol–water partition coefficient (Wildman–Crippen LogP) is 2.67. The first-order valence-electron chi connectivity index (χ1n) is 8.88. The summed E-state index contributed by atoms with van der Waals surface area (Å²) in [4.78, 5) is 8.79. The molecule has 9 nitrogen and oxygen atoms in total. The van der Waals surface area contributed by atoms with Gasteiger partial charge in [-0.2, -0.15) is 10.2 Å².